The van der Waals surface area contributed by atoms with E-state index in [1.54, 1.807) is 13.1 Å². The minimum Gasteiger partial charge on any atom is -0.351 e. The van der Waals surface area contributed by atoms with Gasteiger partial charge in [0.05, 0.1) is 10.6 Å². The van der Waals surface area contributed by atoms with Crippen LogP contribution in [0.3, 0.4) is 0 Å². The molecule has 0 radical (unpaired) electrons. The van der Waals surface area contributed by atoms with Gasteiger partial charge in [0, 0.05) is 13.1 Å². The normalized spacial score (nSPS) is 10.1. The van der Waals surface area contributed by atoms with Gasteiger partial charge in [-0.3, -0.25) is 4.79 Å². The monoisotopic (exact) mass is 230 g/mol. The van der Waals surface area contributed by atoms with E-state index in [1.807, 2.05) is 0 Å². The fourth-order valence-corrected chi connectivity index (χ4v) is 1.25. The minimum absolute atomic E-state index is 0.0291. The van der Waals surface area contributed by atoms with Crippen LogP contribution in [-0.4, -0.2) is 26.0 Å². The van der Waals surface area contributed by atoms with Gasteiger partial charge in [0.1, 0.15) is 0 Å². The maximum atomic E-state index is 13.4. The number of carbonyl (C=O) groups is 1. The van der Waals surface area contributed by atoms with Crippen molar-refractivity contribution in [2.24, 2.45) is 0 Å². The average molecular weight is 231 g/mol. The van der Waals surface area contributed by atoms with Gasteiger partial charge in [0.25, 0.3) is 5.91 Å². The Kier molecular flexibility index (Phi) is 4.52. The maximum absolute atomic E-state index is 13.4. The highest BCUT2D eigenvalue weighted by molar-refractivity contribution is 6.31. The van der Waals surface area contributed by atoms with Crippen LogP contribution in [0.15, 0.2) is 18.2 Å². The smallest absolute Gasteiger partial charge is 0.254 e. The van der Waals surface area contributed by atoms with Crippen LogP contribution in [-0.2, 0) is 0 Å². The van der Waals surface area contributed by atoms with Crippen molar-refractivity contribution in [2.75, 3.05) is 20.1 Å². The standard InChI is InChI=1S/C10H12ClFN2O/c1-13-5-6-14-10(15)7-3-2-4-8(11)9(7)12/h2-4,13H,5-6H2,1H3,(H,14,15). The van der Waals surface area contributed by atoms with Crippen molar-refractivity contribution in [3.8, 4) is 0 Å². The summed E-state index contributed by atoms with van der Waals surface area (Å²) in [6.45, 7) is 1.08. The molecule has 15 heavy (non-hydrogen) atoms. The number of nitrogens with one attached hydrogen (secondary N) is 2. The first-order chi connectivity index (χ1) is 7.16. The molecular weight excluding hydrogens is 219 g/mol. The average Bonchev–Trinajstić information content (AvgIpc) is 2.22. The lowest BCUT2D eigenvalue weighted by atomic mass is 10.2. The Hall–Kier alpha value is -1.13. The quantitative estimate of drug-likeness (QED) is 0.769. The Morgan fingerprint density at radius 2 is 2.20 bits per heavy atom. The third kappa shape index (κ3) is 3.18. The second kappa shape index (κ2) is 5.68. The molecule has 0 bridgehead atoms. The van der Waals surface area contributed by atoms with Crippen molar-refractivity contribution in [3.05, 3.63) is 34.6 Å². The molecule has 0 aliphatic carbocycles. The minimum atomic E-state index is -0.680. The Morgan fingerprint density at radius 1 is 1.47 bits per heavy atom. The first-order valence-electron chi connectivity index (χ1n) is 4.53. The van der Waals surface area contributed by atoms with Crippen LogP contribution in [0.2, 0.25) is 5.02 Å². The summed E-state index contributed by atoms with van der Waals surface area (Å²) in [6, 6.07) is 4.34. The molecule has 0 atom stereocenters. The fourth-order valence-electron chi connectivity index (χ4n) is 1.08. The number of benzene rings is 1. The van der Waals surface area contributed by atoms with Crippen LogP contribution in [0.5, 0.6) is 0 Å². The lowest BCUT2D eigenvalue weighted by molar-refractivity contribution is 0.0950. The summed E-state index contributed by atoms with van der Waals surface area (Å²) < 4.78 is 13.4. The van der Waals surface area contributed by atoms with Crippen molar-refractivity contribution in [1.82, 2.24) is 10.6 Å². The lowest BCUT2D eigenvalue weighted by Gasteiger charge is -2.06. The molecule has 5 heteroatoms. The van der Waals surface area contributed by atoms with Gasteiger partial charge < -0.3 is 10.6 Å². The predicted molar refractivity (Wildman–Crippen MR) is 57.7 cm³/mol. The van der Waals surface area contributed by atoms with E-state index < -0.39 is 11.7 Å². The molecule has 1 amide bonds. The summed E-state index contributed by atoms with van der Waals surface area (Å²) in [5, 5.41) is 5.39. The number of hydrogen-bond acceptors (Lipinski definition) is 2. The van der Waals surface area contributed by atoms with Gasteiger partial charge in [-0.05, 0) is 19.2 Å². The van der Waals surface area contributed by atoms with Crippen molar-refractivity contribution in [2.45, 2.75) is 0 Å². The molecule has 2 N–H and O–H groups in total. The van der Waals surface area contributed by atoms with E-state index >= 15 is 0 Å². The Balaban J connectivity index is 2.69. The van der Waals surface area contributed by atoms with Gasteiger partial charge in [-0.2, -0.15) is 0 Å². The molecule has 82 valence electrons. The molecule has 0 saturated carbocycles. The highest BCUT2D eigenvalue weighted by atomic mass is 35.5. The number of hydrogen-bond donors (Lipinski definition) is 2. The maximum Gasteiger partial charge on any atom is 0.254 e. The Morgan fingerprint density at radius 3 is 2.87 bits per heavy atom. The van der Waals surface area contributed by atoms with E-state index in [0.717, 1.165) is 0 Å². The zero-order chi connectivity index (χ0) is 11.3. The first kappa shape index (κ1) is 11.9. The van der Waals surface area contributed by atoms with E-state index in [2.05, 4.69) is 10.6 Å². The van der Waals surface area contributed by atoms with Crippen LogP contribution < -0.4 is 10.6 Å². The van der Waals surface area contributed by atoms with Crippen LogP contribution in [0, 0.1) is 5.82 Å². The van der Waals surface area contributed by atoms with Crippen LogP contribution in [0.1, 0.15) is 10.4 Å². The molecule has 3 nitrogen and oxygen atoms in total. The zero-order valence-electron chi connectivity index (χ0n) is 8.31. The molecule has 0 spiro atoms. The van der Waals surface area contributed by atoms with Crippen LogP contribution in [0.25, 0.3) is 0 Å². The summed E-state index contributed by atoms with van der Waals surface area (Å²) in [4.78, 5) is 11.5. The Labute approximate surface area is 92.6 Å². The molecule has 0 aliphatic rings. The van der Waals surface area contributed by atoms with Gasteiger partial charge in [-0.15, -0.1) is 0 Å². The predicted octanol–water partition coefficient (Wildman–Crippen LogP) is 1.43. The first-order valence-corrected chi connectivity index (χ1v) is 4.91. The third-order valence-corrected chi connectivity index (χ3v) is 2.15. The highest BCUT2D eigenvalue weighted by Gasteiger charge is 2.12. The number of likely N-dealkylation sites (N-methyl/N-ethyl adjacent to an activating group) is 1. The largest absolute Gasteiger partial charge is 0.351 e. The van der Waals surface area contributed by atoms with Crippen molar-refractivity contribution < 1.29 is 9.18 Å². The number of carbonyl (C=O) groups excluding carboxylic acids is 1. The van der Waals surface area contributed by atoms with Gasteiger partial charge in [0.15, 0.2) is 5.82 Å². The van der Waals surface area contributed by atoms with Crippen molar-refractivity contribution >= 4 is 17.5 Å². The zero-order valence-corrected chi connectivity index (χ0v) is 9.07. The highest BCUT2D eigenvalue weighted by Crippen LogP contribution is 2.17. The molecule has 1 rings (SSSR count). The van der Waals surface area contributed by atoms with E-state index in [-0.39, 0.29) is 10.6 Å². The van der Waals surface area contributed by atoms with Crippen molar-refractivity contribution in [1.29, 1.82) is 0 Å². The second-order valence-corrected chi connectivity index (χ2v) is 3.37. The molecule has 0 fully saturated rings. The van der Waals surface area contributed by atoms with Gasteiger partial charge >= 0.3 is 0 Å². The lowest BCUT2D eigenvalue weighted by Crippen LogP contribution is -2.30. The van der Waals surface area contributed by atoms with Gasteiger partial charge in [-0.1, -0.05) is 17.7 Å². The summed E-state index contributed by atoms with van der Waals surface area (Å²) in [5.41, 5.74) is -0.0291. The van der Waals surface area contributed by atoms with E-state index in [1.165, 1.54) is 12.1 Å². The van der Waals surface area contributed by atoms with Crippen LogP contribution in [0.4, 0.5) is 4.39 Å². The van der Waals surface area contributed by atoms with E-state index in [4.69, 9.17) is 11.6 Å². The summed E-state index contributed by atoms with van der Waals surface area (Å²) in [5.74, 6) is -1.13. The number of rotatable bonds is 4. The summed E-state index contributed by atoms with van der Waals surface area (Å²) in [6.07, 6.45) is 0. The van der Waals surface area contributed by atoms with Crippen molar-refractivity contribution in [3.63, 3.8) is 0 Å². The molecule has 1 aromatic carbocycles. The molecule has 0 unspecified atom stereocenters. The Bertz CT molecular complexity index is 357. The molecule has 1 aromatic rings. The van der Waals surface area contributed by atoms with E-state index in [0.29, 0.717) is 13.1 Å². The number of halogens is 2. The van der Waals surface area contributed by atoms with Crippen LogP contribution >= 0.6 is 11.6 Å². The van der Waals surface area contributed by atoms with E-state index in [9.17, 15) is 9.18 Å². The second-order valence-electron chi connectivity index (χ2n) is 2.96. The van der Waals surface area contributed by atoms with Gasteiger partial charge in [-0.25, -0.2) is 4.39 Å². The van der Waals surface area contributed by atoms with Gasteiger partial charge in [0.2, 0.25) is 0 Å². The topological polar surface area (TPSA) is 41.1 Å². The molecule has 0 heterocycles. The summed E-state index contributed by atoms with van der Waals surface area (Å²) >= 11 is 5.55. The molecule has 0 saturated heterocycles. The third-order valence-electron chi connectivity index (χ3n) is 1.86. The molecular formula is C10H12ClFN2O. The molecule has 0 aromatic heterocycles. The summed E-state index contributed by atoms with van der Waals surface area (Å²) in [7, 11) is 1.77. The SMILES string of the molecule is CNCCNC(=O)c1cccc(Cl)c1F. The number of amides is 1. The molecule has 0 aliphatic heterocycles. The fraction of sp³-hybridized carbons (Fsp3) is 0.300.